The van der Waals surface area contributed by atoms with E-state index in [4.69, 9.17) is 10.5 Å². The van der Waals surface area contributed by atoms with Crippen LogP contribution in [0.5, 0.6) is 5.75 Å². The molecule has 0 radical (unpaired) electrons. The van der Waals surface area contributed by atoms with Crippen molar-refractivity contribution in [1.29, 1.82) is 0 Å². The Bertz CT molecular complexity index is 419. The molecule has 19 heavy (non-hydrogen) atoms. The van der Waals surface area contributed by atoms with Gasteiger partial charge in [-0.15, -0.1) is 0 Å². The minimum atomic E-state index is 0.108. The predicted octanol–water partition coefficient (Wildman–Crippen LogP) is 2.74. The number of likely N-dealkylation sites (N-methyl/N-ethyl adjacent to an activating group) is 1. The molecule has 0 bridgehead atoms. The number of hydrogen-bond acceptors (Lipinski definition) is 3. The van der Waals surface area contributed by atoms with Gasteiger partial charge < -0.3 is 15.4 Å². The van der Waals surface area contributed by atoms with Gasteiger partial charge in [0.15, 0.2) is 0 Å². The minimum Gasteiger partial charge on any atom is -0.497 e. The summed E-state index contributed by atoms with van der Waals surface area (Å²) in [7, 11) is 3.90. The van der Waals surface area contributed by atoms with Gasteiger partial charge in [-0.05, 0) is 49.7 Å². The molecule has 0 heterocycles. The van der Waals surface area contributed by atoms with Gasteiger partial charge in [0.05, 0.1) is 7.11 Å². The van der Waals surface area contributed by atoms with E-state index in [1.807, 2.05) is 6.07 Å². The number of ether oxygens (including phenoxy) is 1. The van der Waals surface area contributed by atoms with E-state index >= 15 is 0 Å². The Morgan fingerprint density at radius 3 is 2.84 bits per heavy atom. The lowest BCUT2D eigenvalue weighted by atomic mass is 10.1. The van der Waals surface area contributed by atoms with Crippen LogP contribution in [-0.4, -0.2) is 31.6 Å². The molecular weight excluding hydrogens is 236 g/mol. The summed E-state index contributed by atoms with van der Waals surface area (Å²) in [5.74, 6) is 0.906. The summed E-state index contributed by atoms with van der Waals surface area (Å²) in [5.41, 5.74) is 9.05. The van der Waals surface area contributed by atoms with Crippen LogP contribution in [0.4, 0.5) is 0 Å². The Morgan fingerprint density at radius 2 is 2.16 bits per heavy atom. The fourth-order valence-electron chi connectivity index (χ4n) is 2.96. The summed E-state index contributed by atoms with van der Waals surface area (Å²) in [6, 6.07) is 6.83. The second-order valence-corrected chi connectivity index (χ2v) is 5.55. The number of unbranched alkanes of at least 4 members (excludes halogenated alkanes) is 2. The van der Waals surface area contributed by atoms with Gasteiger partial charge in [0, 0.05) is 12.1 Å². The summed E-state index contributed by atoms with van der Waals surface area (Å²) < 4.78 is 5.29. The smallest absolute Gasteiger partial charge is 0.119 e. The van der Waals surface area contributed by atoms with Crippen LogP contribution in [0.3, 0.4) is 0 Å². The second kappa shape index (κ2) is 6.40. The van der Waals surface area contributed by atoms with Crippen molar-refractivity contribution in [3.63, 3.8) is 0 Å². The van der Waals surface area contributed by atoms with Crippen LogP contribution in [0, 0.1) is 0 Å². The monoisotopic (exact) mass is 262 g/mol. The van der Waals surface area contributed by atoms with Crippen LogP contribution in [0.1, 0.15) is 43.4 Å². The summed E-state index contributed by atoms with van der Waals surface area (Å²) in [4.78, 5) is 2.42. The van der Waals surface area contributed by atoms with E-state index in [0.29, 0.717) is 6.04 Å². The third-order valence-corrected chi connectivity index (χ3v) is 4.24. The van der Waals surface area contributed by atoms with Crippen molar-refractivity contribution >= 4 is 0 Å². The third-order valence-electron chi connectivity index (χ3n) is 4.24. The Kier molecular flexibility index (Phi) is 4.83. The van der Waals surface area contributed by atoms with Gasteiger partial charge in [-0.3, -0.25) is 0 Å². The van der Waals surface area contributed by atoms with Crippen molar-refractivity contribution in [2.75, 3.05) is 20.7 Å². The van der Waals surface area contributed by atoms with Crippen LogP contribution in [0.15, 0.2) is 18.2 Å². The fourth-order valence-corrected chi connectivity index (χ4v) is 2.96. The zero-order valence-corrected chi connectivity index (χ0v) is 12.4. The number of methoxy groups -OCH3 is 1. The lowest BCUT2D eigenvalue weighted by molar-refractivity contribution is 0.218. The topological polar surface area (TPSA) is 38.5 Å². The summed E-state index contributed by atoms with van der Waals surface area (Å²) in [6.45, 7) is 3.38. The van der Waals surface area contributed by atoms with Crippen molar-refractivity contribution in [1.82, 2.24) is 4.90 Å². The molecule has 2 rings (SSSR count). The molecule has 3 heteroatoms. The molecule has 0 saturated heterocycles. The zero-order chi connectivity index (χ0) is 13.8. The van der Waals surface area contributed by atoms with Crippen LogP contribution in [-0.2, 0) is 6.42 Å². The molecule has 1 aromatic carbocycles. The molecule has 0 spiro atoms. The first kappa shape index (κ1) is 14.4. The van der Waals surface area contributed by atoms with E-state index in [9.17, 15) is 0 Å². The number of hydrogen-bond donors (Lipinski definition) is 1. The maximum absolute atomic E-state index is 6.42. The van der Waals surface area contributed by atoms with E-state index in [-0.39, 0.29) is 6.04 Å². The van der Waals surface area contributed by atoms with E-state index in [2.05, 4.69) is 31.0 Å². The Balaban J connectivity index is 2.03. The maximum Gasteiger partial charge on any atom is 0.119 e. The average Bonchev–Trinajstić information content (AvgIpc) is 2.76. The number of nitrogens with zero attached hydrogens (tertiary/aromatic N) is 1. The van der Waals surface area contributed by atoms with Crippen molar-refractivity contribution in [2.45, 2.75) is 44.7 Å². The first-order valence-corrected chi connectivity index (χ1v) is 7.30. The van der Waals surface area contributed by atoms with Crippen LogP contribution in [0.25, 0.3) is 0 Å². The van der Waals surface area contributed by atoms with Crippen LogP contribution < -0.4 is 10.5 Å². The maximum atomic E-state index is 6.42. The number of rotatable bonds is 6. The third kappa shape index (κ3) is 3.10. The molecule has 3 nitrogen and oxygen atoms in total. The quantitative estimate of drug-likeness (QED) is 0.801. The molecule has 106 valence electrons. The number of nitrogens with two attached hydrogens (primary N) is 1. The highest BCUT2D eigenvalue weighted by atomic mass is 16.5. The molecule has 0 aromatic heterocycles. The van der Waals surface area contributed by atoms with Crippen molar-refractivity contribution < 1.29 is 4.74 Å². The van der Waals surface area contributed by atoms with Gasteiger partial charge in [0.2, 0.25) is 0 Å². The second-order valence-electron chi connectivity index (χ2n) is 5.55. The van der Waals surface area contributed by atoms with E-state index < -0.39 is 0 Å². The highest BCUT2D eigenvalue weighted by Gasteiger charge is 2.32. The largest absolute Gasteiger partial charge is 0.497 e. The molecule has 1 aliphatic carbocycles. The first-order chi connectivity index (χ1) is 9.17. The predicted molar refractivity (Wildman–Crippen MR) is 79.6 cm³/mol. The lowest BCUT2D eigenvalue weighted by Crippen LogP contribution is -2.38. The van der Waals surface area contributed by atoms with E-state index in [0.717, 1.165) is 18.7 Å². The van der Waals surface area contributed by atoms with Crippen LogP contribution in [0.2, 0.25) is 0 Å². The number of benzene rings is 1. The van der Waals surface area contributed by atoms with Gasteiger partial charge in [0.25, 0.3) is 0 Å². The van der Waals surface area contributed by atoms with E-state index in [1.165, 1.54) is 30.4 Å². The highest BCUT2D eigenvalue weighted by molar-refractivity contribution is 5.42. The van der Waals surface area contributed by atoms with Gasteiger partial charge >= 0.3 is 0 Å². The Morgan fingerprint density at radius 1 is 1.37 bits per heavy atom. The SMILES string of the molecule is CCCCCN(C)C1Cc2ccc(OC)cc2C1N. The Labute approximate surface area is 116 Å². The fraction of sp³-hybridized carbons (Fsp3) is 0.625. The van der Waals surface area contributed by atoms with Gasteiger partial charge in [0.1, 0.15) is 5.75 Å². The summed E-state index contributed by atoms with van der Waals surface area (Å²) in [5, 5.41) is 0. The molecule has 0 saturated carbocycles. The standard InChI is InChI=1S/C16H26N2O/c1-4-5-6-9-18(2)15-10-12-7-8-13(19-3)11-14(12)16(15)17/h7-8,11,15-16H,4-6,9-10,17H2,1-3H3. The first-order valence-electron chi connectivity index (χ1n) is 7.30. The summed E-state index contributed by atoms with van der Waals surface area (Å²) >= 11 is 0. The molecule has 2 unspecified atom stereocenters. The molecule has 1 aliphatic rings. The van der Waals surface area contributed by atoms with E-state index in [1.54, 1.807) is 7.11 Å². The molecule has 1 aromatic rings. The summed E-state index contributed by atoms with van der Waals surface area (Å²) in [6.07, 6.45) is 4.88. The minimum absolute atomic E-state index is 0.108. The Hall–Kier alpha value is -1.06. The van der Waals surface area contributed by atoms with Crippen LogP contribution >= 0.6 is 0 Å². The lowest BCUT2D eigenvalue weighted by Gasteiger charge is -2.27. The molecule has 2 atom stereocenters. The van der Waals surface area contributed by atoms with Gasteiger partial charge in [-0.2, -0.15) is 0 Å². The van der Waals surface area contributed by atoms with Gasteiger partial charge in [-0.1, -0.05) is 25.8 Å². The molecule has 2 N–H and O–H groups in total. The van der Waals surface area contributed by atoms with Crippen molar-refractivity contribution in [2.24, 2.45) is 5.73 Å². The highest BCUT2D eigenvalue weighted by Crippen LogP contribution is 2.34. The molecule has 0 fully saturated rings. The zero-order valence-electron chi connectivity index (χ0n) is 12.4. The molecule has 0 amide bonds. The van der Waals surface area contributed by atoms with Crippen molar-refractivity contribution in [3.8, 4) is 5.75 Å². The molecular formula is C16H26N2O. The normalized spacial score (nSPS) is 21.7. The molecule has 0 aliphatic heterocycles. The van der Waals surface area contributed by atoms with Crippen molar-refractivity contribution in [3.05, 3.63) is 29.3 Å². The average molecular weight is 262 g/mol. The number of fused-ring (bicyclic) bond motifs is 1. The van der Waals surface area contributed by atoms with Gasteiger partial charge in [-0.25, -0.2) is 0 Å².